The molecule has 0 aliphatic heterocycles. The molecule has 3 N–H and O–H groups in total. The zero-order chi connectivity index (χ0) is 14.8. The molecule has 3 nitrogen and oxygen atoms in total. The standard InChI is InChI=1S/C16H13Cl2N3/c17-12-4-5-13(14(18)9-12)16(21-19)11-3-6-15-10(8-11)2-1-7-20-15/h1-9,16,21H,19H2. The molecule has 0 bridgehead atoms. The normalized spacial score (nSPS) is 12.5. The first kappa shape index (κ1) is 14.3. The van der Waals surface area contributed by atoms with E-state index in [0.29, 0.717) is 10.0 Å². The fraction of sp³-hybridized carbons (Fsp3) is 0.0625. The predicted molar refractivity (Wildman–Crippen MR) is 87.4 cm³/mol. The monoisotopic (exact) mass is 317 g/mol. The van der Waals surface area contributed by atoms with Gasteiger partial charge in [0.15, 0.2) is 0 Å². The molecule has 0 amide bonds. The van der Waals surface area contributed by atoms with Gasteiger partial charge in [-0.1, -0.05) is 41.4 Å². The summed E-state index contributed by atoms with van der Waals surface area (Å²) >= 11 is 12.2. The molecule has 0 spiro atoms. The minimum Gasteiger partial charge on any atom is -0.271 e. The van der Waals surface area contributed by atoms with E-state index in [1.807, 2.05) is 30.3 Å². The molecular formula is C16H13Cl2N3. The molecule has 0 aliphatic carbocycles. The number of hydrazine groups is 1. The summed E-state index contributed by atoms with van der Waals surface area (Å²) in [7, 11) is 0. The Morgan fingerprint density at radius 3 is 2.67 bits per heavy atom. The van der Waals surface area contributed by atoms with Gasteiger partial charge in [0.05, 0.1) is 11.6 Å². The van der Waals surface area contributed by atoms with E-state index in [-0.39, 0.29) is 6.04 Å². The van der Waals surface area contributed by atoms with Gasteiger partial charge in [-0.25, -0.2) is 5.43 Å². The molecule has 3 aromatic rings. The number of aromatic nitrogens is 1. The Bertz CT molecular complexity index is 789. The van der Waals surface area contributed by atoms with Crippen molar-refractivity contribution in [3.63, 3.8) is 0 Å². The van der Waals surface area contributed by atoms with Crippen LogP contribution in [-0.2, 0) is 0 Å². The largest absolute Gasteiger partial charge is 0.271 e. The van der Waals surface area contributed by atoms with Gasteiger partial charge in [-0.05, 0) is 41.5 Å². The summed E-state index contributed by atoms with van der Waals surface area (Å²) in [6, 6.07) is 15.1. The summed E-state index contributed by atoms with van der Waals surface area (Å²) in [4.78, 5) is 4.31. The topological polar surface area (TPSA) is 50.9 Å². The molecule has 1 unspecified atom stereocenters. The van der Waals surface area contributed by atoms with Crippen molar-refractivity contribution in [2.24, 2.45) is 5.84 Å². The number of fused-ring (bicyclic) bond motifs is 1. The van der Waals surface area contributed by atoms with E-state index >= 15 is 0 Å². The molecule has 1 heterocycles. The fourth-order valence-electron chi connectivity index (χ4n) is 2.37. The first-order chi connectivity index (χ1) is 10.2. The number of benzene rings is 2. The highest BCUT2D eigenvalue weighted by atomic mass is 35.5. The number of hydrogen-bond acceptors (Lipinski definition) is 3. The molecule has 0 aliphatic rings. The van der Waals surface area contributed by atoms with Crippen LogP contribution in [0.4, 0.5) is 0 Å². The molecular weight excluding hydrogens is 305 g/mol. The molecule has 1 atom stereocenters. The van der Waals surface area contributed by atoms with Crippen molar-refractivity contribution >= 4 is 34.1 Å². The van der Waals surface area contributed by atoms with Gasteiger partial charge in [0.2, 0.25) is 0 Å². The molecule has 2 aromatic carbocycles. The van der Waals surface area contributed by atoms with Gasteiger partial charge in [-0.3, -0.25) is 10.8 Å². The van der Waals surface area contributed by atoms with Crippen molar-refractivity contribution in [1.29, 1.82) is 0 Å². The highest BCUT2D eigenvalue weighted by molar-refractivity contribution is 6.35. The van der Waals surface area contributed by atoms with Gasteiger partial charge in [0.25, 0.3) is 0 Å². The Morgan fingerprint density at radius 1 is 1.05 bits per heavy atom. The van der Waals surface area contributed by atoms with Crippen LogP contribution in [0.3, 0.4) is 0 Å². The number of nitrogens with one attached hydrogen (secondary N) is 1. The van der Waals surface area contributed by atoms with Crippen LogP contribution in [0.2, 0.25) is 10.0 Å². The Labute approximate surface area is 132 Å². The van der Waals surface area contributed by atoms with Gasteiger partial charge >= 0.3 is 0 Å². The second-order valence-electron chi connectivity index (χ2n) is 4.72. The smallest absolute Gasteiger partial charge is 0.0724 e. The highest BCUT2D eigenvalue weighted by Gasteiger charge is 2.16. The SMILES string of the molecule is NNC(c1ccc2ncccc2c1)c1ccc(Cl)cc1Cl. The average molecular weight is 318 g/mol. The van der Waals surface area contributed by atoms with Crippen molar-refractivity contribution in [1.82, 2.24) is 10.4 Å². The van der Waals surface area contributed by atoms with E-state index in [1.165, 1.54) is 0 Å². The van der Waals surface area contributed by atoms with Crippen molar-refractivity contribution in [3.8, 4) is 0 Å². The molecule has 1 aromatic heterocycles. The third kappa shape index (κ3) is 2.87. The van der Waals surface area contributed by atoms with Gasteiger partial charge in [0.1, 0.15) is 0 Å². The lowest BCUT2D eigenvalue weighted by atomic mass is 9.98. The third-order valence-electron chi connectivity index (χ3n) is 3.40. The summed E-state index contributed by atoms with van der Waals surface area (Å²) in [5, 5.41) is 2.24. The van der Waals surface area contributed by atoms with E-state index in [4.69, 9.17) is 29.0 Å². The van der Waals surface area contributed by atoms with Crippen LogP contribution in [0.1, 0.15) is 17.2 Å². The van der Waals surface area contributed by atoms with Crippen LogP contribution in [0.15, 0.2) is 54.7 Å². The van der Waals surface area contributed by atoms with Crippen LogP contribution in [0, 0.1) is 0 Å². The molecule has 5 heteroatoms. The lowest BCUT2D eigenvalue weighted by Gasteiger charge is -2.19. The first-order valence-electron chi connectivity index (χ1n) is 6.45. The van der Waals surface area contributed by atoms with Gasteiger partial charge in [-0.2, -0.15) is 0 Å². The minimum absolute atomic E-state index is 0.209. The Hall–Kier alpha value is -1.65. The number of hydrogen-bond donors (Lipinski definition) is 2. The lowest BCUT2D eigenvalue weighted by molar-refractivity contribution is 0.638. The van der Waals surface area contributed by atoms with Gasteiger partial charge < -0.3 is 0 Å². The molecule has 0 saturated heterocycles. The number of pyridine rings is 1. The Kier molecular flexibility index (Phi) is 4.08. The van der Waals surface area contributed by atoms with Gasteiger partial charge in [0, 0.05) is 21.6 Å². The van der Waals surface area contributed by atoms with Crippen molar-refractivity contribution in [2.75, 3.05) is 0 Å². The summed E-state index contributed by atoms with van der Waals surface area (Å²) in [5.74, 6) is 5.73. The quantitative estimate of drug-likeness (QED) is 0.565. The van der Waals surface area contributed by atoms with Crippen LogP contribution in [0.25, 0.3) is 10.9 Å². The number of halogens is 2. The minimum atomic E-state index is -0.209. The molecule has 0 radical (unpaired) electrons. The van der Waals surface area contributed by atoms with Crippen molar-refractivity contribution < 1.29 is 0 Å². The predicted octanol–water partition coefficient (Wildman–Crippen LogP) is 4.09. The van der Waals surface area contributed by atoms with E-state index < -0.39 is 0 Å². The molecule has 3 rings (SSSR count). The Balaban J connectivity index is 2.09. The molecule has 0 saturated carbocycles. The second kappa shape index (κ2) is 6.00. The molecule has 0 fully saturated rings. The maximum Gasteiger partial charge on any atom is 0.0724 e. The maximum atomic E-state index is 6.28. The van der Waals surface area contributed by atoms with Crippen LogP contribution >= 0.6 is 23.2 Å². The zero-order valence-corrected chi connectivity index (χ0v) is 12.6. The molecule has 106 valence electrons. The van der Waals surface area contributed by atoms with Gasteiger partial charge in [-0.15, -0.1) is 0 Å². The number of nitrogens with zero attached hydrogens (tertiary/aromatic N) is 1. The fourth-order valence-corrected chi connectivity index (χ4v) is 2.89. The zero-order valence-electron chi connectivity index (χ0n) is 11.1. The number of nitrogens with two attached hydrogens (primary N) is 1. The molecule has 21 heavy (non-hydrogen) atoms. The second-order valence-corrected chi connectivity index (χ2v) is 5.56. The summed E-state index contributed by atoms with van der Waals surface area (Å²) in [5.41, 5.74) is 5.65. The Morgan fingerprint density at radius 2 is 1.90 bits per heavy atom. The summed E-state index contributed by atoms with van der Waals surface area (Å²) < 4.78 is 0. The van der Waals surface area contributed by atoms with Crippen LogP contribution in [-0.4, -0.2) is 4.98 Å². The van der Waals surface area contributed by atoms with E-state index in [1.54, 1.807) is 18.3 Å². The van der Waals surface area contributed by atoms with Crippen LogP contribution in [0.5, 0.6) is 0 Å². The van der Waals surface area contributed by atoms with E-state index in [0.717, 1.165) is 22.0 Å². The summed E-state index contributed by atoms with van der Waals surface area (Å²) in [6.45, 7) is 0. The van der Waals surface area contributed by atoms with Crippen molar-refractivity contribution in [2.45, 2.75) is 6.04 Å². The lowest BCUT2D eigenvalue weighted by Crippen LogP contribution is -2.29. The van der Waals surface area contributed by atoms with Crippen LogP contribution < -0.4 is 11.3 Å². The van der Waals surface area contributed by atoms with E-state index in [9.17, 15) is 0 Å². The average Bonchev–Trinajstić information content (AvgIpc) is 2.50. The third-order valence-corrected chi connectivity index (χ3v) is 3.96. The van der Waals surface area contributed by atoms with Crippen molar-refractivity contribution in [3.05, 3.63) is 75.9 Å². The highest BCUT2D eigenvalue weighted by Crippen LogP contribution is 2.31. The maximum absolute atomic E-state index is 6.28. The summed E-state index contributed by atoms with van der Waals surface area (Å²) in [6.07, 6.45) is 1.77. The van der Waals surface area contributed by atoms with E-state index in [2.05, 4.69) is 16.5 Å². The number of rotatable bonds is 3. The first-order valence-corrected chi connectivity index (χ1v) is 7.20.